The molecule has 118 valence electrons. The van der Waals surface area contributed by atoms with Gasteiger partial charge in [0.1, 0.15) is 5.01 Å². The van der Waals surface area contributed by atoms with Gasteiger partial charge < -0.3 is 5.73 Å². The van der Waals surface area contributed by atoms with Crippen LogP contribution in [-0.4, -0.2) is 38.6 Å². The summed E-state index contributed by atoms with van der Waals surface area (Å²) in [6, 6.07) is 1.88. The maximum absolute atomic E-state index is 11.9. The largest absolute Gasteiger partial charge is 0.327 e. The second kappa shape index (κ2) is 5.40. The van der Waals surface area contributed by atoms with E-state index < -0.39 is 0 Å². The number of nitrogens with zero attached hydrogens (tertiary/aromatic N) is 4. The Morgan fingerprint density at radius 2 is 2.27 bits per heavy atom. The van der Waals surface area contributed by atoms with Crippen LogP contribution in [-0.2, 0) is 6.54 Å². The fourth-order valence-corrected chi connectivity index (χ4v) is 4.94. The van der Waals surface area contributed by atoms with Gasteiger partial charge in [-0.2, -0.15) is 9.61 Å². The minimum atomic E-state index is -0.0953. The normalized spacial score (nSPS) is 29.1. The smallest absolute Gasteiger partial charge is 0.275 e. The maximum Gasteiger partial charge on any atom is 0.275 e. The van der Waals surface area contributed by atoms with E-state index in [1.54, 1.807) is 0 Å². The zero-order valence-electron chi connectivity index (χ0n) is 12.7. The molecule has 2 fully saturated rings. The summed E-state index contributed by atoms with van der Waals surface area (Å²) >= 11 is 1.51. The number of aryl methyl sites for hydroxylation is 1. The van der Waals surface area contributed by atoms with Crippen molar-refractivity contribution in [3.63, 3.8) is 0 Å². The predicted molar refractivity (Wildman–Crippen MR) is 86.0 cm³/mol. The van der Waals surface area contributed by atoms with Crippen LogP contribution < -0.4 is 11.3 Å². The molecule has 2 aromatic rings. The summed E-state index contributed by atoms with van der Waals surface area (Å²) in [5.74, 6) is 1.37. The Bertz CT molecular complexity index is 754. The van der Waals surface area contributed by atoms with Crippen molar-refractivity contribution < 1.29 is 0 Å². The molecule has 0 aromatic carbocycles. The van der Waals surface area contributed by atoms with Gasteiger partial charge in [-0.1, -0.05) is 17.8 Å². The number of fused-ring (bicyclic) bond motifs is 2. The van der Waals surface area contributed by atoms with Gasteiger partial charge >= 0.3 is 0 Å². The highest BCUT2D eigenvalue weighted by atomic mass is 32.1. The summed E-state index contributed by atoms with van der Waals surface area (Å²) in [6.45, 7) is 4.80. The minimum Gasteiger partial charge on any atom is -0.327 e. The van der Waals surface area contributed by atoms with Gasteiger partial charge in [-0.05, 0) is 31.6 Å². The highest BCUT2D eigenvalue weighted by molar-refractivity contribution is 7.16. The van der Waals surface area contributed by atoms with E-state index in [1.165, 1.54) is 34.8 Å². The van der Waals surface area contributed by atoms with Crippen molar-refractivity contribution in [2.75, 3.05) is 13.1 Å². The summed E-state index contributed by atoms with van der Waals surface area (Å²) in [5.41, 5.74) is 6.93. The van der Waals surface area contributed by atoms with Crippen molar-refractivity contribution in [1.82, 2.24) is 19.5 Å². The van der Waals surface area contributed by atoms with Gasteiger partial charge in [-0.25, -0.2) is 4.98 Å². The Balaban J connectivity index is 1.54. The van der Waals surface area contributed by atoms with Crippen molar-refractivity contribution in [3.8, 4) is 0 Å². The zero-order chi connectivity index (χ0) is 15.3. The molecule has 22 heavy (non-hydrogen) atoms. The van der Waals surface area contributed by atoms with Crippen LogP contribution in [0.3, 0.4) is 0 Å². The lowest BCUT2D eigenvalue weighted by molar-refractivity contribution is 0.259. The third-order valence-corrected chi connectivity index (χ3v) is 5.90. The molecule has 0 bridgehead atoms. The van der Waals surface area contributed by atoms with Crippen LogP contribution in [0.5, 0.6) is 0 Å². The van der Waals surface area contributed by atoms with Crippen molar-refractivity contribution >= 4 is 16.3 Å². The van der Waals surface area contributed by atoms with Crippen molar-refractivity contribution in [2.24, 2.45) is 17.6 Å². The van der Waals surface area contributed by atoms with Gasteiger partial charge in [0.05, 0.1) is 6.54 Å². The van der Waals surface area contributed by atoms with Crippen LogP contribution in [0.4, 0.5) is 0 Å². The van der Waals surface area contributed by atoms with Crippen LogP contribution in [0.2, 0.25) is 0 Å². The fourth-order valence-electron chi connectivity index (χ4n) is 3.95. The first-order valence-electron chi connectivity index (χ1n) is 7.94. The van der Waals surface area contributed by atoms with Gasteiger partial charge in [0.25, 0.3) is 5.56 Å². The molecule has 1 saturated carbocycles. The van der Waals surface area contributed by atoms with Crippen LogP contribution in [0.15, 0.2) is 10.9 Å². The molecule has 1 aliphatic carbocycles. The average Bonchev–Trinajstić information content (AvgIpc) is 3.03. The van der Waals surface area contributed by atoms with Crippen molar-refractivity contribution in [2.45, 2.75) is 38.8 Å². The Morgan fingerprint density at radius 3 is 3.09 bits per heavy atom. The molecule has 0 amide bonds. The number of rotatable bonds is 2. The van der Waals surface area contributed by atoms with Gasteiger partial charge in [-0.15, -0.1) is 0 Å². The second-order valence-corrected chi connectivity index (χ2v) is 7.68. The maximum atomic E-state index is 11.9. The summed E-state index contributed by atoms with van der Waals surface area (Å²) in [7, 11) is 0. The van der Waals surface area contributed by atoms with Gasteiger partial charge in [0, 0.05) is 30.9 Å². The number of likely N-dealkylation sites (tertiary alicyclic amines) is 1. The molecule has 4 rings (SSSR count). The Hall–Kier alpha value is -1.31. The molecule has 2 N–H and O–H groups in total. The number of nitrogens with two attached hydrogens (primary N) is 1. The molecule has 7 heteroatoms. The zero-order valence-corrected chi connectivity index (χ0v) is 13.6. The van der Waals surface area contributed by atoms with Gasteiger partial charge in [0.2, 0.25) is 4.96 Å². The lowest BCUT2D eigenvalue weighted by Gasteiger charge is -2.29. The molecule has 2 aromatic heterocycles. The number of aromatic nitrogens is 3. The standard InChI is InChI=1S/C15H21N5OS/c1-9-5-14(21)20-15(17-9)22-13(18-20)8-19-6-10-3-2-4-12(16)11(10)7-19/h5,10-12H,2-4,6-8,16H2,1H3. The van der Waals surface area contributed by atoms with Crippen LogP contribution >= 0.6 is 11.3 Å². The van der Waals surface area contributed by atoms with E-state index in [0.29, 0.717) is 16.9 Å². The summed E-state index contributed by atoms with van der Waals surface area (Å²) in [4.78, 5) is 19.5. The fraction of sp³-hybridized carbons (Fsp3) is 0.667. The highest BCUT2D eigenvalue weighted by Crippen LogP contribution is 2.36. The quantitative estimate of drug-likeness (QED) is 0.894. The third-order valence-electron chi connectivity index (χ3n) is 5.00. The lowest BCUT2D eigenvalue weighted by atomic mass is 9.78. The topological polar surface area (TPSA) is 76.5 Å². The summed E-state index contributed by atoms with van der Waals surface area (Å²) in [6.07, 6.45) is 3.72. The van der Waals surface area contributed by atoms with E-state index in [-0.39, 0.29) is 5.56 Å². The number of hydrogen-bond donors (Lipinski definition) is 1. The van der Waals surface area contributed by atoms with Crippen LogP contribution in [0, 0.1) is 18.8 Å². The van der Waals surface area contributed by atoms with Crippen LogP contribution in [0.1, 0.15) is 30.0 Å². The minimum absolute atomic E-state index is 0.0953. The molecule has 0 spiro atoms. The lowest BCUT2D eigenvalue weighted by Crippen LogP contribution is -2.38. The molecule has 0 radical (unpaired) electrons. The van der Waals surface area contributed by atoms with Crippen LogP contribution in [0.25, 0.3) is 4.96 Å². The number of hydrogen-bond acceptors (Lipinski definition) is 6. The second-order valence-electron chi connectivity index (χ2n) is 6.64. The highest BCUT2D eigenvalue weighted by Gasteiger charge is 2.38. The van der Waals surface area contributed by atoms with Gasteiger partial charge in [-0.3, -0.25) is 9.69 Å². The Kier molecular flexibility index (Phi) is 3.51. The van der Waals surface area contributed by atoms with Crippen molar-refractivity contribution in [3.05, 3.63) is 27.1 Å². The first-order chi connectivity index (χ1) is 10.6. The van der Waals surface area contributed by atoms with E-state index in [2.05, 4.69) is 15.0 Å². The molecule has 3 unspecified atom stereocenters. The molecular formula is C15H21N5OS. The molecule has 1 saturated heterocycles. The van der Waals surface area contributed by atoms with Crippen molar-refractivity contribution in [1.29, 1.82) is 0 Å². The summed E-state index contributed by atoms with van der Waals surface area (Å²) in [5, 5.41) is 5.40. The summed E-state index contributed by atoms with van der Waals surface area (Å²) < 4.78 is 1.42. The molecular weight excluding hydrogens is 298 g/mol. The third kappa shape index (κ3) is 2.47. The Labute approximate surface area is 133 Å². The van der Waals surface area contributed by atoms with E-state index in [9.17, 15) is 4.79 Å². The monoisotopic (exact) mass is 319 g/mol. The molecule has 3 heterocycles. The van der Waals surface area contributed by atoms with E-state index >= 15 is 0 Å². The molecule has 6 nitrogen and oxygen atoms in total. The first-order valence-corrected chi connectivity index (χ1v) is 8.76. The molecule has 2 aliphatic rings. The molecule has 3 atom stereocenters. The van der Waals surface area contributed by atoms with E-state index in [1.807, 2.05) is 6.92 Å². The molecule has 1 aliphatic heterocycles. The average molecular weight is 319 g/mol. The first kappa shape index (κ1) is 14.3. The predicted octanol–water partition coefficient (Wildman–Crippen LogP) is 1.02. The van der Waals surface area contributed by atoms with E-state index in [4.69, 9.17) is 5.73 Å². The SMILES string of the molecule is Cc1cc(=O)n2nc(CN3CC4CCCC(N)C4C3)sc2n1. The van der Waals surface area contributed by atoms with E-state index in [0.717, 1.165) is 42.7 Å². The van der Waals surface area contributed by atoms with Gasteiger partial charge in [0.15, 0.2) is 0 Å². The Morgan fingerprint density at radius 1 is 1.41 bits per heavy atom.